The first-order chi connectivity index (χ1) is 17.7. The summed E-state index contributed by atoms with van der Waals surface area (Å²) in [5.74, 6) is -2.50. The number of benzene rings is 2. The second-order valence-corrected chi connectivity index (χ2v) is 10.0. The standard InChI is InChI=1S/C27H21ClFN3O4S/c1-14-2-4-15(5-3-14)22-11-20(31-32(22)27(36)19(29)10-23(33)34)25-24(16-6-8-17(28)9-7-16)18-12-37-13-21(18)30-26(25)35/h2-9,12-13,19,22H,10-11H2,1H3,(H,30,35)(H,33,34). The third kappa shape index (κ3) is 4.80. The Morgan fingerprint density at radius 1 is 1.16 bits per heavy atom. The first kappa shape index (κ1) is 24.9. The van der Waals surface area contributed by atoms with Crippen LogP contribution < -0.4 is 5.56 Å². The highest BCUT2D eigenvalue weighted by molar-refractivity contribution is 7.09. The smallest absolute Gasteiger partial charge is 0.306 e. The number of carbonyl (C=O) groups excluding carboxylic acids is 1. The van der Waals surface area contributed by atoms with E-state index in [9.17, 15) is 18.8 Å². The van der Waals surface area contributed by atoms with Gasteiger partial charge in [-0.15, -0.1) is 11.3 Å². The van der Waals surface area contributed by atoms with Crippen molar-refractivity contribution in [1.82, 2.24) is 9.99 Å². The van der Waals surface area contributed by atoms with Gasteiger partial charge < -0.3 is 10.1 Å². The van der Waals surface area contributed by atoms with E-state index >= 15 is 0 Å². The van der Waals surface area contributed by atoms with Gasteiger partial charge in [0, 0.05) is 33.2 Å². The average molecular weight is 538 g/mol. The van der Waals surface area contributed by atoms with Crippen LogP contribution in [0.15, 0.2) is 69.2 Å². The zero-order valence-corrected chi connectivity index (χ0v) is 21.1. The number of hydrogen-bond acceptors (Lipinski definition) is 5. The van der Waals surface area contributed by atoms with Gasteiger partial charge in [0.15, 0.2) is 6.17 Å². The molecule has 2 N–H and O–H groups in total. The summed E-state index contributed by atoms with van der Waals surface area (Å²) in [5, 5.41) is 19.5. The van der Waals surface area contributed by atoms with Crippen molar-refractivity contribution in [1.29, 1.82) is 0 Å². The van der Waals surface area contributed by atoms with Crippen LogP contribution in [0.4, 0.5) is 4.39 Å². The summed E-state index contributed by atoms with van der Waals surface area (Å²) >= 11 is 7.53. The molecular weight excluding hydrogens is 517 g/mol. The number of aliphatic carboxylic acids is 1. The number of hydrogen-bond donors (Lipinski definition) is 2. The van der Waals surface area contributed by atoms with Crippen LogP contribution >= 0.6 is 22.9 Å². The first-order valence-electron chi connectivity index (χ1n) is 11.4. The fraction of sp³-hybridized carbons (Fsp3) is 0.185. The van der Waals surface area contributed by atoms with Crippen molar-refractivity contribution in [3.05, 3.63) is 91.4 Å². The number of carboxylic acid groups (broad SMARTS) is 1. The summed E-state index contributed by atoms with van der Waals surface area (Å²) in [6, 6.07) is 13.7. The molecule has 0 spiro atoms. The number of H-pyrrole nitrogens is 1. The largest absolute Gasteiger partial charge is 0.481 e. The lowest BCUT2D eigenvalue weighted by atomic mass is 9.92. The fourth-order valence-corrected chi connectivity index (χ4v) is 5.41. The maximum atomic E-state index is 14.7. The van der Waals surface area contributed by atoms with E-state index in [1.54, 1.807) is 24.3 Å². The number of halogens is 2. The molecule has 0 bridgehead atoms. The van der Waals surface area contributed by atoms with E-state index in [1.807, 2.05) is 41.9 Å². The molecule has 4 aromatic rings. The molecule has 0 radical (unpaired) electrons. The van der Waals surface area contributed by atoms with Gasteiger partial charge in [-0.3, -0.25) is 14.4 Å². The molecular formula is C27H21ClFN3O4S. The van der Waals surface area contributed by atoms with Crippen LogP contribution in [0.5, 0.6) is 0 Å². The Balaban J connectivity index is 1.68. The van der Waals surface area contributed by atoms with Crippen molar-refractivity contribution in [3.8, 4) is 11.1 Å². The number of amides is 1. The molecule has 3 heterocycles. The predicted octanol–water partition coefficient (Wildman–Crippen LogP) is 5.71. The van der Waals surface area contributed by atoms with E-state index in [0.29, 0.717) is 27.4 Å². The van der Waals surface area contributed by atoms with Gasteiger partial charge in [0.1, 0.15) is 0 Å². The third-order valence-corrected chi connectivity index (χ3v) is 7.29. The van der Waals surface area contributed by atoms with Crippen LogP contribution in [0.1, 0.15) is 35.6 Å². The Hall–Kier alpha value is -3.82. The van der Waals surface area contributed by atoms with Gasteiger partial charge in [0.05, 0.1) is 29.3 Å². The molecule has 1 aliphatic heterocycles. The monoisotopic (exact) mass is 537 g/mol. The maximum absolute atomic E-state index is 14.7. The zero-order valence-electron chi connectivity index (χ0n) is 19.6. The van der Waals surface area contributed by atoms with Crippen LogP contribution in [0, 0.1) is 6.92 Å². The predicted molar refractivity (Wildman–Crippen MR) is 142 cm³/mol. The SMILES string of the molecule is Cc1ccc(C2CC(c3c(-c4ccc(Cl)cc4)c4cscc4[nH]c3=O)=NN2C(=O)C(F)CC(=O)O)cc1. The van der Waals surface area contributed by atoms with Crippen molar-refractivity contribution in [2.45, 2.75) is 32.0 Å². The Morgan fingerprint density at radius 3 is 2.54 bits per heavy atom. The lowest BCUT2D eigenvalue weighted by Crippen LogP contribution is -2.35. The van der Waals surface area contributed by atoms with Crippen molar-refractivity contribution in [3.63, 3.8) is 0 Å². The topological polar surface area (TPSA) is 103 Å². The average Bonchev–Trinajstić information content (AvgIpc) is 3.50. The molecule has 188 valence electrons. The number of aromatic nitrogens is 1. The van der Waals surface area contributed by atoms with Gasteiger partial charge in [-0.2, -0.15) is 5.10 Å². The van der Waals surface area contributed by atoms with Gasteiger partial charge in [-0.05, 0) is 30.2 Å². The van der Waals surface area contributed by atoms with Gasteiger partial charge in [-0.1, -0.05) is 53.6 Å². The molecule has 2 aromatic heterocycles. The first-order valence-corrected chi connectivity index (χ1v) is 12.8. The Morgan fingerprint density at radius 2 is 1.86 bits per heavy atom. The molecule has 0 aliphatic carbocycles. The van der Waals surface area contributed by atoms with Gasteiger partial charge in [-0.25, -0.2) is 9.40 Å². The molecule has 37 heavy (non-hydrogen) atoms. The van der Waals surface area contributed by atoms with Gasteiger partial charge >= 0.3 is 5.97 Å². The van der Waals surface area contributed by atoms with Crippen molar-refractivity contribution >= 4 is 51.4 Å². The number of thiophene rings is 1. The normalized spacial score (nSPS) is 16.1. The third-order valence-electron chi connectivity index (χ3n) is 6.30. The molecule has 10 heteroatoms. The van der Waals surface area contributed by atoms with Crippen molar-refractivity contribution in [2.75, 3.05) is 0 Å². The lowest BCUT2D eigenvalue weighted by molar-refractivity contribution is -0.146. The number of nitrogens with one attached hydrogen (secondary N) is 1. The number of carbonyl (C=O) groups is 2. The van der Waals surface area contributed by atoms with Crippen LogP contribution in [-0.2, 0) is 9.59 Å². The van der Waals surface area contributed by atoms with Crippen LogP contribution in [-0.4, -0.2) is 38.9 Å². The van der Waals surface area contributed by atoms with E-state index in [2.05, 4.69) is 10.1 Å². The maximum Gasteiger partial charge on any atom is 0.306 e. The summed E-state index contributed by atoms with van der Waals surface area (Å²) in [5.41, 5.74) is 3.91. The number of pyridine rings is 1. The van der Waals surface area contributed by atoms with E-state index in [1.165, 1.54) is 11.3 Å². The van der Waals surface area contributed by atoms with Crippen molar-refractivity contribution < 1.29 is 19.1 Å². The van der Waals surface area contributed by atoms with Crippen LogP contribution in [0.3, 0.4) is 0 Å². The quantitative estimate of drug-likeness (QED) is 0.329. The van der Waals surface area contributed by atoms with Crippen LogP contribution in [0.25, 0.3) is 22.0 Å². The molecule has 0 saturated heterocycles. The fourth-order valence-electron chi connectivity index (χ4n) is 4.51. The Bertz CT molecular complexity index is 1590. The number of nitrogens with zero attached hydrogens (tertiary/aromatic N) is 2. The number of aromatic amines is 1. The summed E-state index contributed by atoms with van der Waals surface area (Å²) in [7, 11) is 0. The molecule has 0 fully saturated rings. The number of rotatable bonds is 6. The molecule has 1 amide bonds. The Kier molecular flexibility index (Phi) is 6.66. The molecule has 2 atom stereocenters. The minimum absolute atomic E-state index is 0.147. The molecule has 2 unspecified atom stereocenters. The van der Waals surface area contributed by atoms with Crippen LogP contribution in [0.2, 0.25) is 5.02 Å². The van der Waals surface area contributed by atoms with Gasteiger partial charge in [0.25, 0.3) is 11.5 Å². The number of hydrazone groups is 1. The molecule has 1 aliphatic rings. The minimum Gasteiger partial charge on any atom is -0.481 e. The number of carboxylic acids is 1. The molecule has 5 rings (SSSR count). The minimum atomic E-state index is -2.28. The highest BCUT2D eigenvalue weighted by Crippen LogP contribution is 2.38. The molecule has 2 aromatic carbocycles. The summed E-state index contributed by atoms with van der Waals surface area (Å²) in [6.07, 6.45) is -3.10. The lowest BCUT2D eigenvalue weighted by Gasteiger charge is -2.23. The summed E-state index contributed by atoms with van der Waals surface area (Å²) in [4.78, 5) is 40.4. The number of fused-ring (bicyclic) bond motifs is 1. The second-order valence-electron chi connectivity index (χ2n) is 8.84. The highest BCUT2D eigenvalue weighted by Gasteiger charge is 2.38. The number of aryl methyl sites for hydroxylation is 1. The van der Waals surface area contributed by atoms with Crippen molar-refractivity contribution in [2.24, 2.45) is 5.10 Å². The van der Waals surface area contributed by atoms with E-state index in [4.69, 9.17) is 16.7 Å². The van der Waals surface area contributed by atoms with Gasteiger partial charge in [0.2, 0.25) is 0 Å². The van der Waals surface area contributed by atoms with E-state index in [-0.39, 0.29) is 12.0 Å². The number of alkyl halides is 1. The molecule has 0 saturated carbocycles. The van der Waals surface area contributed by atoms with E-state index in [0.717, 1.165) is 21.5 Å². The second kappa shape index (κ2) is 9.91. The van der Waals surface area contributed by atoms with E-state index < -0.39 is 36.1 Å². The summed E-state index contributed by atoms with van der Waals surface area (Å²) < 4.78 is 14.7. The zero-order chi connectivity index (χ0) is 26.3. The summed E-state index contributed by atoms with van der Waals surface area (Å²) in [6.45, 7) is 1.92. The Labute approximate surface area is 219 Å². The highest BCUT2D eigenvalue weighted by atomic mass is 35.5. The molecule has 7 nitrogen and oxygen atoms in total.